The maximum Gasteiger partial charge on any atom is 0.272 e. The maximum absolute atomic E-state index is 12.6. The Labute approximate surface area is 119 Å². The Balaban J connectivity index is 2.12. The average Bonchev–Trinajstić information content (AvgIpc) is 2.80. The average molecular weight is 275 g/mol. The number of carbonyl (C=O) groups is 2. The molecule has 0 saturated carbocycles. The van der Waals surface area contributed by atoms with Crippen LogP contribution in [-0.2, 0) is 4.79 Å². The second-order valence-corrected chi connectivity index (χ2v) is 5.52. The minimum atomic E-state index is -0.0788. The summed E-state index contributed by atoms with van der Waals surface area (Å²) < 4.78 is 0. The highest BCUT2D eigenvalue weighted by Gasteiger charge is 2.27. The lowest BCUT2D eigenvalue weighted by Gasteiger charge is -2.29. The molecule has 2 amide bonds. The first-order valence-corrected chi connectivity index (χ1v) is 7.01. The fourth-order valence-electron chi connectivity index (χ4n) is 2.39. The van der Waals surface area contributed by atoms with E-state index >= 15 is 0 Å². The van der Waals surface area contributed by atoms with E-state index in [1.54, 1.807) is 11.0 Å². The van der Waals surface area contributed by atoms with Gasteiger partial charge in [-0.05, 0) is 39.3 Å². The number of rotatable bonds is 4. The molecule has 1 fully saturated rings. The molecule has 1 aliphatic rings. The standard InChI is InChI=1S/C15H21N3O2/c1-10(2)18(9-12-7-8-14(19)17-12)15(20)13-6-4-5-11(3)16-13/h4-6,10,12H,7-9H2,1-3H3,(H,17,19). The van der Waals surface area contributed by atoms with Crippen molar-refractivity contribution >= 4 is 11.8 Å². The lowest BCUT2D eigenvalue weighted by atomic mass is 10.1. The third kappa shape index (κ3) is 3.35. The maximum atomic E-state index is 12.6. The molecule has 1 saturated heterocycles. The predicted molar refractivity (Wildman–Crippen MR) is 76.3 cm³/mol. The van der Waals surface area contributed by atoms with E-state index < -0.39 is 0 Å². The van der Waals surface area contributed by atoms with E-state index in [1.165, 1.54) is 0 Å². The van der Waals surface area contributed by atoms with Crippen LogP contribution in [0.2, 0.25) is 0 Å². The van der Waals surface area contributed by atoms with Gasteiger partial charge in [-0.15, -0.1) is 0 Å². The molecule has 1 N–H and O–H groups in total. The van der Waals surface area contributed by atoms with Gasteiger partial charge in [-0.2, -0.15) is 0 Å². The fourth-order valence-corrected chi connectivity index (χ4v) is 2.39. The summed E-state index contributed by atoms with van der Waals surface area (Å²) in [5.74, 6) is -0.00955. The molecule has 2 rings (SSSR count). The summed E-state index contributed by atoms with van der Waals surface area (Å²) >= 11 is 0. The number of aromatic nitrogens is 1. The highest BCUT2D eigenvalue weighted by atomic mass is 16.2. The Bertz CT molecular complexity index is 514. The van der Waals surface area contributed by atoms with Crippen LogP contribution in [0.4, 0.5) is 0 Å². The molecule has 1 atom stereocenters. The SMILES string of the molecule is Cc1cccc(C(=O)N(CC2CCC(=O)N2)C(C)C)n1. The van der Waals surface area contributed by atoms with Crippen LogP contribution in [0.5, 0.6) is 0 Å². The monoisotopic (exact) mass is 275 g/mol. The molecule has 1 aromatic rings. The highest BCUT2D eigenvalue weighted by molar-refractivity contribution is 5.92. The number of nitrogens with one attached hydrogen (secondary N) is 1. The zero-order valence-corrected chi connectivity index (χ0v) is 12.2. The van der Waals surface area contributed by atoms with E-state index in [-0.39, 0.29) is 23.9 Å². The first kappa shape index (κ1) is 14.5. The number of hydrogen-bond donors (Lipinski definition) is 1. The predicted octanol–water partition coefficient (Wildman–Crippen LogP) is 1.52. The molecule has 1 unspecified atom stereocenters. The van der Waals surface area contributed by atoms with Gasteiger partial charge in [-0.25, -0.2) is 4.98 Å². The zero-order valence-electron chi connectivity index (χ0n) is 12.2. The van der Waals surface area contributed by atoms with Crippen LogP contribution in [0.25, 0.3) is 0 Å². The van der Waals surface area contributed by atoms with Crippen molar-refractivity contribution in [1.82, 2.24) is 15.2 Å². The third-order valence-electron chi connectivity index (χ3n) is 3.49. The van der Waals surface area contributed by atoms with E-state index in [0.717, 1.165) is 12.1 Å². The zero-order chi connectivity index (χ0) is 14.7. The summed E-state index contributed by atoms with van der Waals surface area (Å²) in [6.45, 7) is 6.36. The summed E-state index contributed by atoms with van der Waals surface area (Å²) in [6.07, 6.45) is 1.34. The molecule has 0 spiro atoms. The quantitative estimate of drug-likeness (QED) is 0.906. The van der Waals surface area contributed by atoms with E-state index in [1.807, 2.05) is 32.9 Å². The molecule has 108 valence electrons. The van der Waals surface area contributed by atoms with Crippen LogP contribution in [0.15, 0.2) is 18.2 Å². The van der Waals surface area contributed by atoms with Crippen molar-refractivity contribution in [2.24, 2.45) is 0 Å². The summed E-state index contributed by atoms with van der Waals surface area (Å²) in [5.41, 5.74) is 1.29. The van der Waals surface area contributed by atoms with E-state index in [0.29, 0.717) is 18.7 Å². The van der Waals surface area contributed by atoms with Gasteiger partial charge in [0.05, 0.1) is 0 Å². The number of amides is 2. The second kappa shape index (κ2) is 6.03. The van der Waals surface area contributed by atoms with Crippen LogP contribution in [0.1, 0.15) is 42.9 Å². The molecule has 1 aromatic heterocycles. The lowest BCUT2D eigenvalue weighted by molar-refractivity contribution is -0.119. The summed E-state index contributed by atoms with van der Waals surface area (Å²) in [4.78, 5) is 29.9. The fraction of sp³-hybridized carbons (Fsp3) is 0.533. The molecule has 20 heavy (non-hydrogen) atoms. The molecule has 0 bridgehead atoms. The van der Waals surface area contributed by atoms with Gasteiger partial charge in [0.25, 0.3) is 5.91 Å². The van der Waals surface area contributed by atoms with Crippen molar-refractivity contribution in [2.75, 3.05) is 6.54 Å². The third-order valence-corrected chi connectivity index (χ3v) is 3.49. The van der Waals surface area contributed by atoms with Crippen molar-refractivity contribution in [3.63, 3.8) is 0 Å². The van der Waals surface area contributed by atoms with Crippen molar-refractivity contribution in [3.8, 4) is 0 Å². The molecule has 0 radical (unpaired) electrons. The largest absolute Gasteiger partial charge is 0.352 e. The van der Waals surface area contributed by atoms with Crippen LogP contribution in [0.3, 0.4) is 0 Å². The number of carbonyl (C=O) groups excluding carboxylic acids is 2. The number of aryl methyl sites for hydroxylation is 1. The molecule has 1 aliphatic heterocycles. The van der Waals surface area contributed by atoms with Crippen LogP contribution in [-0.4, -0.2) is 40.3 Å². The Morgan fingerprint density at radius 1 is 1.50 bits per heavy atom. The van der Waals surface area contributed by atoms with E-state index in [2.05, 4.69) is 10.3 Å². The van der Waals surface area contributed by atoms with Crippen molar-refractivity contribution in [1.29, 1.82) is 0 Å². The number of hydrogen-bond acceptors (Lipinski definition) is 3. The minimum Gasteiger partial charge on any atom is -0.352 e. The molecular weight excluding hydrogens is 254 g/mol. The molecule has 5 nitrogen and oxygen atoms in total. The Kier molecular flexibility index (Phi) is 4.37. The summed E-state index contributed by atoms with van der Waals surface area (Å²) in [6, 6.07) is 5.57. The topological polar surface area (TPSA) is 62.3 Å². The number of nitrogens with zero attached hydrogens (tertiary/aromatic N) is 2. The Morgan fingerprint density at radius 2 is 2.25 bits per heavy atom. The van der Waals surface area contributed by atoms with Crippen LogP contribution >= 0.6 is 0 Å². The van der Waals surface area contributed by atoms with Crippen LogP contribution < -0.4 is 5.32 Å². The van der Waals surface area contributed by atoms with Gasteiger partial charge in [0.1, 0.15) is 5.69 Å². The highest BCUT2D eigenvalue weighted by Crippen LogP contribution is 2.13. The van der Waals surface area contributed by atoms with Gasteiger partial charge in [0.15, 0.2) is 0 Å². The van der Waals surface area contributed by atoms with Crippen molar-refractivity contribution in [3.05, 3.63) is 29.6 Å². The van der Waals surface area contributed by atoms with Gasteiger partial charge in [0.2, 0.25) is 5.91 Å². The molecule has 2 heterocycles. The van der Waals surface area contributed by atoms with E-state index in [9.17, 15) is 9.59 Å². The Morgan fingerprint density at radius 3 is 2.80 bits per heavy atom. The van der Waals surface area contributed by atoms with Gasteiger partial charge in [-0.3, -0.25) is 9.59 Å². The van der Waals surface area contributed by atoms with Crippen LogP contribution in [0, 0.1) is 6.92 Å². The molecule has 5 heteroatoms. The normalized spacial score (nSPS) is 18.2. The van der Waals surface area contributed by atoms with Crippen molar-refractivity contribution < 1.29 is 9.59 Å². The Hall–Kier alpha value is -1.91. The van der Waals surface area contributed by atoms with Crippen molar-refractivity contribution in [2.45, 2.75) is 45.7 Å². The van der Waals surface area contributed by atoms with E-state index in [4.69, 9.17) is 0 Å². The van der Waals surface area contributed by atoms with Gasteiger partial charge in [0, 0.05) is 30.7 Å². The molecular formula is C15H21N3O2. The second-order valence-electron chi connectivity index (χ2n) is 5.52. The smallest absolute Gasteiger partial charge is 0.272 e. The molecule has 0 aromatic carbocycles. The first-order valence-electron chi connectivity index (χ1n) is 7.01. The lowest BCUT2D eigenvalue weighted by Crippen LogP contribution is -2.45. The van der Waals surface area contributed by atoms with Gasteiger partial charge < -0.3 is 10.2 Å². The summed E-state index contributed by atoms with van der Waals surface area (Å²) in [7, 11) is 0. The molecule has 0 aliphatic carbocycles. The first-order chi connectivity index (χ1) is 9.47. The summed E-state index contributed by atoms with van der Waals surface area (Å²) in [5, 5.41) is 2.90. The van der Waals surface area contributed by atoms with Gasteiger partial charge in [-0.1, -0.05) is 6.07 Å². The van der Waals surface area contributed by atoms with Gasteiger partial charge >= 0.3 is 0 Å². The number of pyridine rings is 1. The minimum absolute atomic E-state index is 0.0543.